The molecule has 1 atom stereocenters. The zero-order chi connectivity index (χ0) is 14.4. The highest BCUT2D eigenvalue weighted by atomic mass is 15.1. The number of benzene rings is 1. The first-order valence-electron chi connectivity index (χ1n) is 7.47. The molecule has 1 saturated heterocycles. The number of hydrogen-bond acceptors (Lipinski definition) is 3. The fourth-order valence-electron chi connectivity index (χ4n) is 2.78. The molecule has 0 saturated carbocycles. The van der Waals surface area contributed by atoms with Gasteiger partial charge in [-0.3, -0.25) is 0 Å². The molecule has 3 nitrogen and oxygen atoms in total. The van der Waals surface area contributed by atoms with Gasteiger partial charge in [-0.05, 0) is 44.0 Å². The second-order valence-corrected chi connectivity index (χ2v) is 6.34. The third-order valence-corrected chi connectivity index (χ3v) is 4.45. The molecule has 108 valence electrons. The van der Waals surface area contributed by atoms with E-state index in [0.29, 0.717) is 5.41 Å². The maximum atomic E-state index is 9.32. The first-order chi connectivity index (χ1) is 9.63. The number of hydrogen-bond donors (Lipinski definition) is 1. The van der Waals surface area contributed by atoms with E-state index in [1.807, 2.05) is 30.3 Å². The van der Waals surface area contributed by atoms with Crippen LogP contribution in [0, 0.1) is 16.7 Å². The summed E-state index contributed by atoms with van der Waals surface area (Å²) in [6.07, 6.45) is 2.47. The minimum atomic E-state index is -0.0499. The second kappa shape index (κ2) is 6.88. The summed E-state index contributed by atoms with van der Waals surface area (Å²) in [5.41, 5.74) is 1.49. The third kappa shape index (κ3) is 4.06. The number of piperidine rings is 1. The van der Waals surface area contributed by atoms with Gasteiger partial charge in [0.2, 0.25) is 0 Å². The van der Waals surface area contributed by atoms with Gasteiger partial charge in [0, 0.05) is 13.1 Å². The van der Waals surface area contributed by atoms with E-state index in [1.54, 1.807) is 0 Å². The van der Waals surface area contributed by atoms with E-state index in [9.17, 15) is 5.26 Å². The van der Waals surface area contributed by atoms with Crippen LogP contribution in [0.2, 0.25) is 0 Å². The predicted molar refractivity (Wildman–Crippen MR) is 82.5 cm³/mol. The Labute approximate surface area is 122 Å². The lowest BCUT2D eigenvalue weighted by Crippen LogP contribution is -2.42. The summed E-state index contributed by atoms with van der Waals surface area (Å²) in [4.78, 5) is 2.39. The maximum Gasteiger partial charge on any atom is 0.0837 e. The van der Waals surface area contributed by atoms with Gasteiger partial charge in [-0.15, -0.1) is 0 Å². The monoisotopic (exact) mass is 271 g/mol. The number of nitrogens with one attached hydrogen (secondary N) is 1. The molecule has 1 aromatic rings. The van der Waals surface area contributed by atoms with Gasteiger partial charge in [-0.2, -0.15) is 5.26 Å². The molecule has 1 heterocycles. The van der Waals surface area contributed by atoms with Crippen LogP contribution in [-0.2, 0) is 0 Å². The molecule has 20 heavy (non-hydrogen) atoms. The van der Waals surface area contributed by atoms with Gasteiger partial charge in [0.05, 0.1) is 12.0 Å². The van der Waals surface area contributed by atoms with Crippen LogP contribution in [0.15, 0.2) is 30.3 Å². The maximum absolute atomic E-state index is 9.32. The molecule has 0 spiro atoms. The van der Waals surface area contributed by atoms with Crippen LogP contribution in [-0.4, -0.2) is 38.1 Å². The molecule has 3 heteroatoms. The summed E-state index contributed by atoms with van der Waals surface area (Å²) in [5.74, 6) is -0.0499. The largest absolute Gasteiger partial charge is 0.315 e. The molecule has 1 aromatic carbocycles. The molecule has 0 aromatic heterocycles. The highest BCUT2D eigenvalue weighted by Gasteiger charge is 2.28. The zero-order valence-corrected chi connectivity index (χ0v) is 12.6. The minimum absolute atomic E-state index is 0.0499. The molecule has 0 radical (unpaired) electrons. The van der Waals surface area contributed by atoms with Crippen LogP contribution in [0.3, 0.4) is 0 Å². The Morgan fingerprint density at radius 1 is 1.30 bits per heavy atom. The first-order valence-corrected chi connectivity index (χ1v) is 7.47. The Bertz CT molecular complexity index is 441. The molecule has 1 N–H and O–H groups in total. The van der Waals surface area contributed by atoms with Crippen LogP contribution < -0.4 is 5.32 Å². The smallest absolute Gasteiger partial charge is 0.0837 e. The average molecular weight is 271 g/mol. The van der Waals surface area contributed by atoms with Gasteiger partial charge in [0.1, 0.15) is 0 Å². The number of nitrogens with zero attached hydrogens (tertiary/aromatic N) is 2. The standard InChI is InChI=1S/C17H25N3/c1-17(8-10-20(2)11-9-17)14-19-13-16(12-18)15-6-4-3-5-7-15/h3-7,16,19H,8-11,13-14H2,1-2H3. The zero-order valence-electron chi connectivity index (χ0n) is 12.6. The van der Waals surface area contributed by atoms with Crippen LogP contribution in [0.1, 0.15) is 31.2 Å². The number of rotatable bonds is 5. The van der Waals surface area contributed by atoms with Crippen LogP contribution in [0.5, 0.6) is 0 Å². The minimum Gasteiger partial charge on any atom is -0.315 e. The molecular formula is C17H25N3. The lowest BCUT2D eigenvalue weighted by Gasteiger charge is -2.38. The van der Waals surface area contributed by atoms with E-state index in [-0.39, 0.29) is 5.92 Å². The van der Waals surface area contributed by atoms with Gasteiger partial charge in [-0.1, -0.05) is 37.3 Å². The normalized spacial score (nSPS) is 20.2. The Morgan fingerprint density at radius 2 is 1.95 bits per heavy atom. The molecule has 1 unspecified atom stereocenters. The highest BCUT2D eigenvalue weighted by Crippen LogP contribution is 2.29. The van der Waals surface area contributed by atoms with E-state index >= 15 is 0 Å². The van der Waals surface area contributed by atoms with Gasteiger partial charge < -0.3 is 10.2 Å². The molecule has 1 fully saturated rings. The summed E-state index contributed by atoms with van der Waals surface area (Å²) in [7, 11) is 2.19. The Balaban J connectivity index is 1.81. The van der Waals surface area contributed by atoms with Crippen molar-refractivity contribution < 1.29 is 0 Å². The van der Waals surface area contributed by atoms with Crippen molar-refractivity contribution in [3.8, 4) is 6.07 Å². The highest BCUT2D eigenvalue weighted by molar-refractivity contribution is 5.25. The Morgan fingerprint density at radius 3 is 2.55 bits per heavy atom. The van der Waals surface area contributed by atoms with Gasteiger partial charge in [0.15, 0.2) is 0 Å². The third-order valence-electron chi connectivity index (χ3n) is 4.45. The molecule has 0 amide bonds. The lowest BCUT2D eigenvalue weighted by atomic mass is 9.80. The summed E-state index contributed by atoms with van der Waals surface area (Å²) in [6, 6.07) is 12.5. The van der Waals surface area contributed by atoms with E-state index in [2.05, 4.69) is 30.3 Å². The van der Waals surface area contributed by atoms with Crippen molar-refractivity contribution in [1.29, 1.82) is 5.26 Å². The lowest BCUT2D eigenvalue weighted by molar-refractivity contribution is 0.137. The van der Waals surface area contributed by atoms with Crippen molar-refractivity contribution in [2.75, 3.05) is 33.2 Å². The van der Waals surface area contributed by atoms with Gasteiger partial charge >= 0.3 is 0 Å². The summed E-state index contributed by atoms with van der Waals surface area (Å²) < 4.78 is 0. The van der Waals surface area contributed by atoms with Crippen molar-refractivity contribution in [3.63, 3.8) is 0 Å². The summed E-state index contributed by atoms with van der Waals surface area (Å²) in [6.45, 7) is 6.46. The molecule has 2 rings (SSSR count). The van der Waals surface area contributed by atoms with Gasteiger partial charge in [0.25, 0.3) is 0 Å². The number of nitriles is 1. The van der Waals surface area contributed by atoms with E-state index < -0.39 is 0 Å². The molecular weight excluding hydrogens is 246 g/mol. The SMILES string of the molecule is CN1CCC(C)(CNCC(C#N)c2ccccc2)CC1. The predicted octanol–water partition coefficient (Wildman–Crippen LogP) is 2.62. The molecule has 1 aliphatic heterocycles. The molecule has 0 aliphatic carbocycles. The summed E-state index contributed by atoms with van der Waals surface area (Å²) >= 11 is 0. The molecule has 0 bridgehead atoms. The van der Waals surface area contributed by atoms with Crippen LogP contribution in [0.4, 0.5) is 0 Å². The van der Waals surface area contributed by atoms with Crippen molar-refractivity contribution >= 4 is 0 Å². The summed E-state index contributed by atoms with van der Waals surface area (Å²) in [5, 5.41) is 12.8. The van der Waals surface area contributed by atoms with E-state index in [1.165, 1.54) is 25.9 Å². The van der Waals surface area contributed by atoms with Crippen molar-refractivity contribution in [3.05, 3.63) is 35.9 Å². The van der Waals surface area contributed by atoms with E-state index in [4.69, 9.17) is 0 Å². The fourth-order valence-corrected chi connectivity index (χ4v) is 2.78. The number of likely N-dealkylation sites (tertiary alicyclic amines) is 1. The van der Waals surface area contributed by atoms with Crippen molar-refractivity contribution in [2.45, 2.75) is 25.7 Å². The first kappa shape index (κ1) is 15.0. The van der Waals surface area contributed by atoms with Crippen molar-refractivity contribution in [2.24, 2.45) is 5.41 Å². The quantitative estimate of drug-likeness (QED) is 0.894. The van der Waals surface area contributed by atoms with Crippen molar-refractivity contribution in [1.82, 2.24) is 10.2 Å². The van der Waals surface area contributed by atoms with E-state index in [0.717, 1.165) is 18.7 Å². The average Bonchev–Trinajstić information content (AvgIpc) is 2.48. The topological polar surface area (TPSA) is 39.1 Å². The van der Waals surface area contributed by atoms with Crippen LogP contribution >= 0.6 is 0 Å². The Kier molecular flexibility index (Phi) is 5.17. The molecule has 1 aliphatic rings. The Hall–Kier alpha value is -1.37. The van der Waals surface area contributed by atoms with Gasteiger partial charge in [-0.25, -0.2) is 0 Å². The fraction of sp³-hybridized carbons (Fsp3) is 0.588. The van der Waals surface area contributed by atoms with Crippen LogP contribution in [0.25, 0.3) is 0 Å². The second-order valence-electron chi connectivity index (χ2n) is 6.34.